The van der Waals surface area contributed by atoms with Crippen LogP contribution in [0, 0.1) is 10.1 Å². The van der Waals surface area contributed by atoms with E-state index in [1.165, 1.54) is 6.08 Å². The van der Waals surface area contributed by atoms with Gasteiger partial charge < -0.3 is 5.11 Å². The summed E-state index contributed by atoms with van der Waals surface area (Å²) in [5.74, 6) is 0. The second kappa shape index (κ2) is 2.79. The summed E-state index contributed by atoms with van der Waals surface area (Å²) in [6.45, 7) is 0. The highest BCUT2D eigenvalue weighted by atomic mass is 16.6. The molecule has 1 rings (SSSR count). The van der Waals surface area contributed by atoms with E-state index in [9.17, 15) is 10.1 Å². The van der Waals surface area contributed by atoms with Gasteiger partial charge in [0.05, 0.1) is 11.0 Å². The number of allylic oxidation sites excluding steroid dienone is 1. The predicted molar refractivity (Wildman–Crippen MR) is 34.9 cm³/mol. The van der Waals surface area contributed by atoms with Gasteiger partial charge in [-0.1, -0.05) is 0 Å². The molecule has 0 spiro atoms. The smallest absolute Gasteiger partial charge is 0.242 e. The first-order valence-corrected chi connectivity index (χ1v) is 3.21. The number of rotatable bonds is 1. The third-order valence-corrected chi connectivity index (χ3v) is 1.59. The zero-order valence-corrected chi connectivity index (χ0v) is 5.49. The molecule has 0 aromatic carbocycles. The summed E-state index contributed by atoms with van der Waals surface area (Å²) in [7, 11) is 0. The zero-order chi connectivity index (χ0) is 7.56. The first-order chi connectivity index (χ1) is 4.70. The highest BCUT2D eigenvalue weighted by Gasteiger charge is 2.18. The van der Waals surface area contributed by atoms with Crippen LogP contribution in [0.15, 0.2) is 11.8 Å². The Balaban J connectivity index is 2.56. The molecule has 0 saturated heterocycles. The highest BCUT2D eigenvalue weighted by molar-refractivity contribution is 4.97. The van der Waals surface area contributed by atoms with Gasteiger partial charge in [-0.05, 0) is 18.9 Å². The second-order valence-corrected chi connectivity index (χ2v) is 2.38. The van der Waals surface area contributed by atoms with Crippen LogP contribution in [-0.4, -0.2) is 16.1 Å². The fourth-order valence-corrected chi connectivity index (χ4v) is 0.972. The zero-order valence-electron chi connectivity index (χ0n) is 5.49. The van der Waals surface area contributed by atoms with Gasteiger partial charge in [-0.3, -0.25) is 10.1 Å². The molecular weight excluding hydrogens is 134 g/mol. The molecule has 1 N–H and O–H groups in total. The summed E-state index contributed by atoms with van der Waals surface area (Å²) in [6.07, 6.45) is 2.47. The Morgan fingerprint density at radius 1 is 1.80 bits per heavy atom. The maximum atomic E-state index is 10.1. The number of hydrogen-bond acceptors (Lipinski definition) is 3. The Morgan fingerprint density at radius 2 is 2.50 bits per heavy atom. The van der Waals surface area contributed by atoms with E-state index in [2.05, 4.69) is 0 Å². The Labute approximate surface area is 58.3 Å². The average molecular weight is 143 g/mol. The van der Waals surface area contributed by atoms with Gasteiger partial charge in [-0.25, -0.2) is 0 Å². The van der Waals surface area contributed by atoms with Crippen LogP contribution in [0.2, 0.25) is 0 Å². The summed E-state index contributed by atoms with van der Waals surface area (Å²) in [5.41, 5.74) is 0.241. The minimum Gasteiger partial charge on any atom is -0.393 e. The van der Waals surface area contributed by atoms with Crippen molar-refractivity contribution in [2.75, 3.05) is 0 Å². The summed E-state index contributed by atoms with van der Waals surface area (Å²) in [4.78, 5) is 9.73. The van der Waals surface area contributed by atoms with Gasteiger partial charge in [0, 0.05) is 6.42 Å². The van der Waals surface area contributed by atoms with Crippen molar-refractivity contribution in [3.63, 3.8) is 0 Å². The van der Waals surface area contributed by atoms with Crippen LogP contribution in [0.1, 0.15) is 19.3 Å². The number of nitrogens with zero attached hydrogens (tertiary/aromatic N) is 1. The van der Waals surface area contributed by atoms with Crippen LogP contribution in [-0.2, 0) is 0 Å². The van der Waals surface area contributed by atoms with E-state index in [-0.39, 0.29) is 16.7 Å². The maximum absolute atomic E-state index is 10.1. The minimum atomic E-state index is -0.383. The van der Waals surface area contributed by atoms with Crippen LogP contribution < -0.4 is 0 Å². The van der Waals surface area contributed by atoms with Gasteiger partial charge >= 0.3 is 0 Å². The van der Waals surface area contributed by atoms with Crippen LogP contribution >= 0.6 is 0 Å². The van der Waals surface area contributed by atoms with E-state index >= 15 is 0 Å². The molecule has 0 radical (unpaired) electrons. The van der Waals surface area contributed by atoms with Gasteiger partial charge in [-0.15, -0.1) is 0 Å². The fourth-order valence-electron chi connectivity index (χ4n) is 0.972. The van der Waals surface area contributed by atoms with Gasteiger partial charge in [-0.2, -0.15) is 0 Å². The molecule has 0 aromatic rings. The Bertz CT molecular complexity index is 176. The summed E-state index contributed by atoms with van der Waals surface area (Å²) < 4.78 is 0. The van der Waals surface area contributed by atoms with Crippen LogP contribution in [0.5, 0.6) is 0 Å². The van der Waals surface area contributed by atoms with Crippen LogP contribution in [0.3, 0.4) is 0 Å². The van der Waals surface area contributed by atoms with Crippen molar-refractivity contribution >= 4 is 0 Å². The molecule has 0 saturated carbocycles. The molecule has 1 aliphatic carbocycles. The quantitative estimate of drug-likeness (QED) is 0.434. The van der Waals surface area contributed by atoms with Gasteiger partial charge in [0.15, 0.2) is 0 Å². The summed E-state index contributed by atoms with van der Waals surface area (Å²) >= 11 is 0. The molecule has 10 heavy (non-hydrogen) atoms. The van der Waals surface area contributed by atoms with E-state index in [1.807, 2.05) is 0 Å². The van der Waals surface area contributed by atoms with Gasteiger partial charge in [0.25, 0.3) is 0 Å². The summed E-state index contributed by atoms with van der Waals surface area (Å²) in [6, 6.07) is 0. The van der Waals surface area contributed by atoms with Crippen molar-refractivity contribution in [2.24, 2.45) is 0 Å². The minimum absolute atomic E-state index is 0.241. The monoisotopic (exact) mass is 143 g/mol. The molecule has 4 heteroatoms. The maximum Gasteiger partial charge on any atom is 0.242 e. The van der Waals surface area contributed by atoms with Crippen LogP contribution in [0.25, 0.3) is 0 Å². The van der Waals surface area contributed by atoms with Crippen molar-refractivity contribution in [2.45, 2.75) is 25.4 Å². The lowest BCUT2D eigenvalue weighted by molar-refractivity contribution is -0.429. The van der Waals surface area contributed by atoms with Crippen LogP contribution in [0.4, 0.5) is 0 Å². The standard InChI is InChI=1S/C6H9NO3/c8-6-3-1-5(2-4-6)7(9)10/h1,6,8H,2-4H2. The molecule has 0 heterocycles. The molecule has 4 nitrogen and oxygen atoms in total. The lowest BCUT2D eigenvalue weighted by atomic mass is 10.0. The number of hydrogen-bond donors (Lipinski definition) is 1. The largest absolute Gasteiger partial charge is 0.393 e. The number of aliphatic hydroxyl groups is 1. The Kier molecular flexibility index (Phi) is 2.01. The Morgan fingerprint density at radius 3 is 2.90 bits per heavy atom. The van der Waals surface area contributed by atoms with E-state index in [1.54, 1.807) is 0 Å². The van der Waals surface area contributed by atoms with E-state index in [4.69, 9.17) is 5.11 Å². The number of aliphatic hydroxyl groups excluding tert-OH is 1. The van der Waals surface area contributed by atoms with Crippen molar-refractivity contribution < 1.29 is 10.0 Å². The van der Waals surface area contributed by atoms with Crippen molar-refractivity contribution in [1.82, 2.24) is 0 Å². The van der Waals surface area contributed by atoms with Crippen molar-refractivity contribution in [3.05, 3.63) is 21.9 Å². The molecular formula is C6H9NO3. The SMILES string of the molecule is O=[N+]([O-])C1=CCC(O)CC1. The van der Waals surface area contributed by atoms with Gasteiger partial charge in [0.1, 0.15) is 0 Å². The highest BCUT2D eigenvalue weighted by Crippen LogP contribution is 2.17. The van der Waals surface area contributed by atoms with Crippen molar-refractivity contribution in [1.29, 1.82) is 0 Å². The van der Waals surface area contributed by atoms with Crippen molar-refractivity contribution in [3.8, 4) is 0 Å². The topological polar surface area (TPSA) is 63.4 Å². The van der Waals surface area contributed by atoms with Gasteiger partial charge in [0.2, 0.25) is 5.70 Å². The molecule has 0 bridgehead atoms. The van der Waals surface area contributed by atoms with E-state index in [0.29, 0.717) is 19.3 Å². The molecule has 0 aliphatic heterocycles. The Hall–Kier alpha value is -0.900. The first kappa shape index (κ1) is 7.21. The summed E-state index contributed by atoms with van der Waals surface area (Å²) in [5, 5.41) is 19.1. The first-order valence-electron chi connectivity index (χ1n) is 3.21. The number of nitro groups is 1. The van der Waals surface area contributed by atoms with E-state index in [0.717, 1.165) is 0 Å². The molecule has 0 fully saturated rings. The lowest BCUT2D eigenvalue weighted by Crippen LogP contribution is -2.13. The normalized spacial score (nSPS) is 25.7. The predicted octanol–water partition coefficient (Wildman–Crippen LogP) is 0.692. The third kappa shape index (κ3) is 1.54. The molecule has 1 atom stereocenters. The molecule has 1 unspecified atom stereocenters. The average Bonchev–Trinajstić information content (AvgIpc) is 1.88. The molecule has 1 aliphatic rings. The molecule has 56 valence electrons. The van der Waals surface area contributed by atoms with E-state index < -0.39 is 0 Å². The second-order valence-electron chi connectivity index (χ2n) is 2.38. The third-order valence-electron chi connectivity index (χ3n) is 1.59. The lowest BCUT2D eigenvalue weighted by Gasteiger charge is -2.10. The molecule has 0 amide bonds. The molecule has 0 aromatic heterocycles. The fraction of sp³-hybridized carbons (Fsp3) is 0.667.